The van der Waals surface area contributed by atoms with Crippen LogP contribution >= 0.6 is 0 Å². The molecule has 4 nitrogen and oxygen atoms in total. The van der Waals surface area contributed by atoms with Crippen LogP contribution in [-0.2, 0) is 23.6 Å². The van der Waals surface area contributed by atoms with Crippen molar-refractivity contribution >= 4 is 20.9 Å². The van der Waals surface area contributed by atoms with Gasteiger partial charge in [0.05, 0.1) is 5.75 Å². The Kier molecular flexibility index (Phi) is 3.96. The molecule has 1 aromatic heterocycles. The lowest BCUT2D eigenvalue weighted by molar-refractivity contribution is 0.580. The van der Waals surface area contributed by atoms with Crippen molar-refractivity contribution in [2.75, 3.05) is 5.75 Å². The second kappa shape index (κ2) is 5.35. The summed E-state index contributed by atoms with van der Waals surface area (Å²) < 4.78 is 28.3. The Balaban J connectivity index is 2.34. The number of rotatable bonds is 5. The SMILES string of the molecule is CCCS(=O)(=O)NCc1c(C)n(C)c2ccccc12. The van der Waals surface area contributed by atoms with Crippen molar-refractivity contribution in [1.29, 1.82) is 0 Å². The van der Waals surface area contributed by atoms with E-state index in [1.165, 1.54) is 0 Å². The van der Waals surface area contributed by atoms with Gasteiger partial charge in [0.1, 0.15) is 0 Å². The molecule has 0 aliphatic rings. The summed E-state index contributed by atoms with van der Waals surface area (Å²) in [4.78, 5) is 0. The highest BCUT2D eigenvalue weighted by Crippen LogP contribution is 2.24. The zero-order valence-electron chi connectivity index (χ0n) is 11.6. The minimum Gasteiger partial charge on any atom is -0.348 e. The first-order valence-electron chi connectivity index (χ1n) is 6.46. The molecule has 0 saturated carbocycles. The third-order valence-electron chi connectivity index (χ3n) is 3.47. The molecule has 0 spiro atoms. The van der Waals surface area contributed by atoms with Crippen LogP contribution in [0.15, 0.2) is 24.3 Å². The van der Waals surface area contributed by atoms with Crippen LogP contribution < -0.4 is 4.72 Å². The van der Waals surface area contributed by atoms with Gasteiger partial charge in [0.15, 0.2) is 0 Å². The lowest BCUT2D eigenvalue weighted by Gasteiger charge is -2.06. The van der Waals surface area contributed by atoms with Crippen molar-refractivity contribution in [2.24, 2.45) is 7.05 Å². The molecule has 1 aromatic carbocycles. The van der Waals surface area contributed by atoms with Crippen molar-refractivity contribution in [3.05, 3.63) is 35.5 Å². The van der Waals surface area contributed by atoms with Gasteiger partial charge in [0.2, 0.25) is 10.0 Å². The van der Waals surface area contributed by atoms with Crippen LogP contribution in [0.2, 0.25) is 0 Å². The number of nitrogens with one attached hydrogen (secondary N) is 1. The minimum absolute atomic E-state index is 0.177. The number of hydrogen-bond donors (Lipinski definition) is 1. The molecule has 0 fully saturated rings. The van der Waals surface area contributed by atoms with Crippen LogP contribution in [0, 0.1) is 6.92 Å². The van der Waals surface area contributed by atoms with Gasteiger partial charge in [-0.1, -0.05) is 25.1 Å². The maximum absolute atomic E-state index is 11.7. The average Bonchev–Trinajstić information content (AvgIpc) is 2.61. The number of para-hydroxylation sites is 1. The van der Waals surface area contributed by atoms with Gasteiger partial charge in [-0.25, -0.2) is 13.1 Å². The Morgan fingerprint density at radius 3 is 2.63 bits per heavy atom. The molecule has 2 aromatic rings. The first-order valence-corrected chi connectivity index (χ1v) is 8.11. The molecular formula is C14H20N2O2S. The predicted octanol–water partition coefficient (Wildman–Crippen LogP) is 2.32. The Labute approximate surface area is 114 Å². The Hall–Kier alpha value is -1.33. The molecule has 0 amide bonds. The fourth-order valence-corrected chi connectivity index (χ4v) is 3.39. The molecule has 5 heteroatoms. The van der Waals surface area contributed by atoms with E-state index in [1.54, 1.807) is 0 Å². The lowest BCUT2D eigenvalue weighted by atomic mass is 10.1. The summed E-state index contributed by atoms with van der Waals surface area (Å²) >= 11 is 0. The molecule has 2 rings (SSSR count). The second-order valence-corrected chi connectivity index (χ2v) is 6.71. The molecule has 0 radical (unpaired) electrons. The van der Waals surface area contributed by atoms with Crippen LogP contribution in [0.4, 0.5) is 0 Å². The summed E-state index contributed by atoms with van der Waals surface area (Å²) in [5.41, 5.74) is 3.28. The number of aryl methyl sites for hydroxylation is 1. The number of hydrogen-bond acceptors (Lipinski definition) is 2. The molecule has 0 unspecified atom stereocenters. The van der Waals surface area contributed by atoms with Gasteiger partial charge < -0.3 is 4.57 Å². The predicted molar refractivity (Wildman–Crippen MR) is 78.6 cm³/mol. The van der Waals surface area contributed by atoms with Crippen LogP contribution in [-0.4, -0.2) is 18.7 Å². The molecular weight excluding hydrogens is 260 g/mol. The first kappa shape index (κ1) is 14.1. The molecule has 0 aliphatic heterocycles. The van der Waals surface area contributed by atoms with E-state index in [-0.39, 0.29) is 5.75 Å². The van der Waals surface area contributed by atoms with Gasteiger partial charge in [-0.05, 0) is 25.0 Å². The second-order valence-electron chi connectivity index (χ2n) is 4.78. The Bertz CT molecular complexity index is 687. The molecule has 0 bridgehead atoms. The zero-order chi connectivity index (χ0) is 14.0. The third kappa shape index (κ3) is 2.82. The zero-order valence-corrected chi connectivity index (χ0v) is 12.4. The van der Waals surface area contributed by atoms with Crippen LogP contribution in [0.5, 0.6) is 0 Å². The molecule has 19 heavy (non-hydrogen) atoms. The van der Waals surface area contributed by atoms with Crippen LogP contribution in [0.1, 0.15) is 24.6 Å². The minimum atomic E-state index is -3.17. The molecule has 0 atom stereocenters. The van der Waals surface area contributed by atoms with E-state index < -0.39 is 10.0 Å². The van der Waals surface area contributed by atoms with Gasteiger partial charge in [-0.2, -0.15) is 0 Å². The quantitative estimate of drug-likeness (QED) is 0.913. The van der Waals surface area contributed by atoms with Crippen molar-refractivity contribution < 1.29 is 8.42 Å². The van der Waals surface area contributed by atoms with Crippen molar-refractivity contribution in [1.82, 2.24) is 9.29 Å². The van der Waals surface area contributed by atoms with Crippen LogP contribution in [0.25, 0.3) is 10.9 Å². The van der Waals surface area contributed by atoms with E-state index in [0.717, 1.165) is 22.2 Å². The third-order valence-corrected chi connectivity index (χ3v) is 5.00. The summed E-state index contributed by atoms with van der Waals surface area (Å²) in [6.45, 7) is 4.24. The van der Waals surface area contributed by atoms with Gasteiger partial charge in [-0.3, -0.25) is 0 Å². The highest BCUT2D eigenvalue weighted by atomic mass is 32.2. The van der Waals surface area contributed by atoms with E-state index in [9.17, 15) is 8.42 Å². The first-order chi connectivity index (χ1) is 8.96. The highest BCUT2D eigenvalue weighted by molar-refractivity contribution is 7.89. The highest BCUT2D eigenvalue weighted by Gasteiger charge is 2.14. The topological polar surface area (TPSA) is 51.1 Å². The van der Waals surface area contributed by atoms with E-state index in [2.05, 4.69) is 9.29 Å². The van der Waals surface area contributed by atoms with Gasteiger partial charge in [0, 0.05) is 30.2 Å². The molecule has 1 heterocycles. The maximum Gasteiger partial charge on any atom is 0.211 e. The van der Waals surface area contributed by atoms with Gasteiger partial charge in [-0.15, -0.1) is 0 Å². The maximum atomic E-state index is 11.7. The van der Waals surface area contributed by atoms with E-state index >= 15 is 0 Å². The summed E-state index contributed by atoms with van der Waals surface area (Å²) in [5, 5.41) is 1.11. The standard InChI is InChI=1S/C14H20N2O2S/c1-4-9-19(17,18)15-10-13-11(2)16(3)14-8-6-5-7-12(13)14/h5-8,15H,4,9-10H2,1-3H3. The summed E-state index contributed by atoms with van der Waals surface area (Å²) in [5.74, 6) is 0.177. The van der Waals surface area contributed by atoms with E-state index in [0.29, 0.717) is 13.0 Å². The molecule has 104 valence electrons. The summed E-state index contributed by atoms with van der Waals surface area (Å²) in [6, 6.07) is 8.05. The normalized spacial score (nSPS) is 12.2. The Morgan fingerprint density at radius 2 is 1.95 bits per heavy atom. The molecule has 0 saturated heterocycles. The van der Waals surface area contributed by atoms with Gasteiger partial charge >= 0.3 is 0 Å². The number of nitrogens with zero attached hydrogens (tertiary/aromatic N) is 1. The van der Waals surface area contributed by atoms with Crippen molar-refractivity contribution in [2.45, 2.75) is 26.8 Å². The molecule has 1 N–H and O–H groups in total. The van der Waals surface area contributed by atoms with E-state index in [1.807, 2.05) is 45.2 Å². The number of fused-ring (bicyclic) bond motifs is 1. The fraction of sp³-hybridized carbons (Fsp3) is 0.429. The monoisotopic (exact) mass is 280 g/mol. The molecule has 0 aliphatic carbocycles. The lowest BCUT2D eigenvalue weighted by Crippen LogP contribution is -2.25. The van der Waals surface area contributed by atoms with Gasteiger partial charge in [0.25, 0.3) is 0 Å². The van der Waals surface area contributed by atoms with Crippen molar-refractivity contribution in [3.8, 4) is 0 Å². The smallest absolute Gasteiger partial charge is 0.211 e. The Morgan fingerprint density at radius 1 is 1.26 bits per heavy atom. The number of benzene rings is 1. The fourth-order valence-electron chi connectivity index (χ4n) is 2.35. The average molecular weight is 280 g/mol. The largest absolute Gasteiger partial charge is 0.348 e. The van der Waals surface area contributed by atoms with Crippen molar-refractivity contribution in [3.63, 3.8) is 0 Å². The number of aromatic nitrogens is 1. The summed E-state index contributed by atoms with van der Waals surface area (Å²) in [7, 11) is -1.16. The van der Waals surface area contributed by atoms with Crippen LogP contribution in [0.3, 0.4) is 0 Å². The number of sulfonamides is 1. The van der Waals surface area contributed by atoms with E-state index in [4.69, 9.17) is 0 Å². The summed E-state index contributed by atoms with van der Waals surface area (Å²) in [6.07, 6.45) is 0.629.